The molecule has 19 heavy (non-hydrogen) atoms. The third-order valence-electron chi connectivity index (χ3n) is 2.80. The molecule has 0 saturated heterocycles. The molecule has 0 heterocycles. The zero-order valence-corrected chi connectivity index (χ0v) is 13.5. The highest BCUT2D eigenvalue weighted by Crippen LogP contribution is 2.25. The molecule has 0 saturated carbocycles. The summed E-state index contributed by atoms with van der Waals surface area (Å²) in [5.41, 5.74) is 2.52. The summed E-state index contributed by atoms with van der Waals surface area (Å²) in [6.07, 6.45) is 0. The number of hydrogen-bond donors (Lipinski definition) is 0. The van der Waals surface area contributed by atoms with E-state index in [1.165, 1.54) is 0 Å². The minimum absolute atomic E-state index is 0.141. The summed E-state index contributed by atoms with van der Waals surface area (Å²) in [4.78, 5) is 11.5. The maximum absolute atomic E-state index is 11.5. The van der Waals surface area contributed by atoms with Gasteiger partial charge in [0.05, 0.1) is 0 Å². The molecule has 2 nitrogen and oxygen atoms in total. The number of rotatable bonds is 4. The van der Waals surface area contributed by atoms with Crippen LogP contribution in [0.5, 0.6) is 5.75 Å². The van der Waals surface area contributed by atoms with E-state index in [0.717, 1.165) is 21.3 Å². The lowest BCUT2D eigenvalue weighted by atomic mass is 10.1. The Labute approximate surface area is 129 Å². The van der Waals surface area contributed by atoms with Gasteiger partial charge in [0, 0.05) is 15.6 Å². The molecule has 98 valence electrons. The molecule has 2 rings (SSSR count). The van der Waals surface area contributed by atoms with Crippen LogP contribution in [0.2, 0.25) is 0 Å². The fraction of sp³-hybridized carbons (Fsp3) is 0.133. The first-order chi connectivity index (χ1) is 9.09. The van der Waals surface area contributed by atoms with Crippen LogP contribution in [0.3, 0.4) is 0 Å². The highest BCUT2D eigenvalue weighted by Gasteiger charge is 2.12. The van der Waals surface area contributed by atoms with Crippen molar-refractivity contribution in [3.05, 3.63) is 63.6 Å². The van der Waals surface area contributed by atoms with E-state index >= 15 is 0 Å². The quantitative estimate of drug-likeness (QED) is 0.704. The topological polar surface area (TPSA) is 26.3 Å². The lowest BCUT2D eigenvalue weighted by Crippen LogP contribution is -2.04. The molecule has 0 unspecified atom stereocenters. The first kappa shape index (κ1) is 14.3. The number of ether oxygens (including phenoxy) is 1. The molecule has 0 aliphatic carbocycles. The van der Waals surface area contributed by atoms with Gasteiger partial charge in [0.25, 0.3) is 0 Å². The van der Waals surface area contributed by atoms with Crippen molar-refractivity contribution in [3.63, 3.8) is 0 Å². The number of para-hydroxylation sites is 1. The Morgan fingerprint density at radius 1 is 1.16 bits per heavy atom. The van der Waals surface area contributed by atoms with Crippen LogP contribution in [0.1, 0.15) is 21.5 Å². The Morgan fingerprint density at radius 2 is 1.89 bits per heavy atom. The van der Waals surface area contributed by atoms with Gasteiger partial charge in [-0.25, -0.2) is 0 Å². The van der Waals surface area contributed by atoms with Gasteiger partial charge in [-0.15, -0.1) is 0 Å². The molecule has 0 aliphatic heterocycles. The molecule has 4 heteroatoms. The molecule has 0 radical (unpaired) electrons. The fourth-order valence-electron chi connectivity index (χ4n) is 1.76. The first-order valence-corrected chi connectivity index (χ1v) is 7.34. The van der Waals surface area contributed by atoms with Gasteiger partial charge in [-0.2, -0.15) is 0 Å². The van der Waals surface area contributed by atoms with Crippen molar-refractivity contribution in [1.82, 2.24) is 0 Å². The Morgan fingerprint density at radius 3 is 2.58 bits per heavy atom. The normalized spacial score (nSPS) is 10.3. The first-order valence-electron chi connectivity index (χ1n) is 5.75. The van der Waals surface area contributed by atoms with Crippen molar-refractivity contribution in [3.8, 4) is 5.75 Å². The smallest absolute Gasteiger partial charge is 0.228 e. The van der Waals surface area contributed by atoms with Gasteiger partial charge in [0.1, 0.15) is 12.4 Å². The fourth-order valence-corrected chi connectivity index (χ4v) is 2.61. The summed E-state index contributed by atoms with van der Waals surface area (Å²) in [6.45, 7) is 2.34. The van der Waals surface area contributed by atoms with Gasteiger partial charge in [0.15, 0.2) is 0 Å². The van der Waals surface area contributed by atoms with Crippen LogP contribution >= 0.6 is 31.9 Å². The molecule has 2 aromatic carbocycles. The van der Waals surface area contributed by atoms with E-state index in [4.69, 9.17) is 4.74 Å². The predicted molar refractivity (Wildman–Crippen MR) is 82.9 cm³/mol. The Balaban J connectivity index is 2.25. The third kappa shape index (κ3) is 3.45. The van der Waals surface area contributed by atoms with Crippen molar-refractivity contribution in [1.29, 1.82) is 0 Å². The van der Waals surface area contributed by atoms with Crippen LogP contribution in [-0.2, 0) is 6.61 Å². The second kappa shape index (κ2) is 6.35. The van der Waals surface area contributed by atoms with Crippen molar-refractivity contribution >= 4 is 36.6 Å². The highest BCUT2D eigenvalue weighted by molar-refractivity contribution is 9.18. The zero-order valence-electron chi connectivity index (χ0n) is 10.3. The predicted octanol–water partition coefficient (Wildman–Crippen LogP) is 4.87. The van der Waals surface area contributed by atoms with Gasteiger partial charge in [0.2, 0.25) is 4.69 Å². The van der Waals surface area contributed by atoms with Gasteiger partial charge in [-0.1, -0.05) is 46.3 Å². The standard InChI is InChI=1S/C15H12Br2O2/c1-10-5-2-3-8-14(10)19-9-12-11(15(17)18)6-4-7-13(12)16/h2-8H,9H2,1H3. The summed E-state index contributed by atoms with van der Waals surface area (Å²) >= 11 is 6.45. The number of aryl methyl sites for hydroxylation is 1. The lowest BCUT2D eigenvalue weighted by Gasteiger charge is -2.12. The number of carbonyl (C=O) groups is 1. The Kier molecular flexibility index (Phi) is 4.77. The van der Waals surface area contributed by atoms with E-state index < -0.39 is 0 Å². The summed E-state index contributed by atoms with van der Waals surface area (Å²) in [7, 11) is 0. The molecule has 0 aliphatic rings. The van der Waals surface area contributed by atoms with E-state index in [-0.39, 0.29) is 4.69 Å². The minimum atomic E-state index is -0.141. The summed E-state index contributed by atoms with van der Waals surface area (Å²) in [5, 5.41) is 0. The third-order valence-corrected chi connectivity index (χ3v) is 3.97. The Bertz CT molecular complexity index is 609. The molecule has 0 spiro atoms. The average Bonchev–Trinajstić information content (AvgIpc) is 2.38. The van der Waals surface area contributed by atoms with E-state index in [9.17, 15) is 4.79 Å². The summed E-state index contributed by atoms with van der Waals surface area (Å²) in [6, 6.07) is 13.3. The molecule has 0 amide bonds. The number of carbonyl (C=O) groups excluding carboxylic acids is 1. The maximum Gasteiger partial charge on any atom is 0.228 e. The zero-order chi connectivity index (χ0) is 13.8. The van der Waals surface area contributed by atoms with E-state index in [2.05, 4.69) is 31.9 Å². The molecule has 0 fully saturated rings. The molecule has 0 bridgehead atoms. The van der Waals surface area contributed by atoms with Crippen molar-refractivity contribution < 1.29 is 9.53 Å². The maximum atomic E-state index is 11.5. The van der Waals surface area contributed by atoms with E-state index in [1.807, 2.05) is 43.3 Å². The van der Waals surface area contributed by atoms with E-state index in [1.54, 1.807) is 6.07 Å². The number of benzene rings is 2. The van der Waals surface area contributed by atoms with Gasteiger partial charge in [-0.05, 0) is 40.5 Å². The molecule has 0 atom stereocenters. The van der Waals surface area contributed by atoms with E-state index in [0.29, 0.717) is 12.2 Å². The highest BCUT2D eigenvalue weighted by atomic mass is 79.9. The van der Waals surface area contributed by atoms with Crippen LogP contribution < -0.4 is 4.74 Å². The average molecular weight is 384 g/mol. The minimum Gasteiger partial charge on any atom is -0.489 e. The van der Waals surface area contributed by atoms with Crippen LogP contribution in [0, 0.1) is 6.92 Å². The van der Waals surface area contributed by atoms with Crippen molar-refractivity contribution in [2.45, 2.75) is 13.5 Å². The molecule has 0 aromatic heterocycles. The van der Waals surface area contributed by atoms with Crippen LogP contribution in [-0.4, -0.2) is 4.69 Å². The Hall–Kier alpha value is -1.13. The number of hydrogen-bond acceptors (Lipinski definition) is 2. The van der Waals surface area contributed by atoms with Gasteiger partial charge < -0.3 is 4.74 Å². The summed E-state index contributed by atoms with van der Waals surface area (Å²) in [5.74, 6) is 0.825. The van der Waals surface area contributed by atoms with Crippen LogP contribution in [0.25, 0.3) is 0 Å². The van der Waals surface area contributed by atoms with Crippen molar-refractivity contribution in [2.75, 3.05) is 0 Å². The molecular weight excluding hydrogens is 372 g/mol. The van der Waals surface area contributed by atoms with Crippen molar-refractivity contribution in [2.24, 2.45) is 0 Å². The molecular formula is C15H12Br2O2. The van der Waals surface area contributed by atoms with Crippen LogP contribution in [0.4, 0.5) is 0 Å². The lowest BCUT2D eigenvalue weighted by molar-refractivity contribution is 0.109. The second-order valence-corrected chi connectivity index (χ2v) is 5.67. The molecule has 2 aromatic rings. The largest absolute Gasteiger partial charge is 0.489 e. The van der Waals surface area contributed by atoms with Gasteiger partial charge in [-0.3, -0.25) is 4.79 Å². The van der Waals surface area contributed by atoms with Gasteiger partial charge >= 0.3 is 0 Å². The second-order valence-electron chi connectivity index (χ2n) is 4.09. The van der Waals surface area contributed by atoms with Crippen LogP contribution in [0.15, 0.2) is 46.9 Å². The number of halogens is 2. The molecule has 0 N–H and O–H groups in total. The summed E-state index contributed by atoms with van der Waals surface area (Å²) < 4.78 is 6.52. The SMILES string of the molecule is Cc1ccccc1OCc1c(Br)cccc1C(=O)Br. The monoisotopic (exact) mass is 382 g/mol.